The summed E-state index contributed by atoms with van der Waals surface area (Å²) in [6, 6.07) is 2.92. The fraction of sp³-hybridized carbons (Fsp3) is 0.783. The molecule has 0 radical (unpaired) electrons. The van der Waals surface area contributed by atoms with Gasteiger partial charge in [0, 0.05) is 49.0 Å². The molecule has 1 amide bonds. The minimum Gasteiger partial charge on any atom is -0.360 e. The van der Waals surface area contributed by atoms with Crippen LogP contribution in [0.3, 0.4) is 0 Å². The van der Waals surface area contributed by atoms with Crippen LogP contribution in [0.4, 0.5) is 0 Å². The number of aromatic nitrogens is 1. The summed E-state index contributed by atoms with van der Waals surface area (Å²) in [7, 11) is 0. The molecule has 0 unspecified atom stereocenters. The first-order valence-corrected chi connectivity index (χ1v) is 11.6. The van der Waals surface area contributed by atoms with Crippen molar-refractivity contribution >= 4 is 11.7 Å². The molecule has 29 heavy (non-hydrogen) atoms. The van der Waals surface area contributed by atoms with Crippen LogP contribution in [-0.2, 0) is 4.79 Å². The van der Waals surface area contributed by atoms with Gasteiger partial charge in [0.15, 0.2) is 5.69 Å². The highest BCUT2D eigenvalue weighted by Crippen LogP contribution is 2.36. The van der Waals surface area contributed by atoms with Gasteiger partial charge in [-0.3, -0.25) is 14.5 Å². The summed E-state index contributed by atoms with van der Waals surface area (Å²) >= 11 is 0. The number of carbonyl (C=O) groups is 2. The molecule has 6 heteroatoms. The van der Waals surface area contributed by atoms with E-state index in [1.807, 2.05) is 13.8 Å². The van der Waals surface area contributed by atoms with Crippen LogP contribution in [0.25, 0.3) is 0 Å². The molecule has 1 N–H and O–H groups in total. The first-order valence-electron chi connectivity index (χ1n) is 11.6. The molecule has 6 nitrogen and oxygen atoms in total. The van der Waals surface area contributed by atoms with Gasteiger partial charge in [0.25, 0.3) is 5.91 Å². The molecule has 4 rings (SSSR count). The molecule has 0 aromatic carbocycles. The third kappa shape index (κ3) is 5.08. The van der Waals surface area contributed by atoms with Gasteiger partial charge in [0.05, 0.1) is 0 Å². The van der Waals surface area contributed by atoms with Crippen molar-refractivity contribution in [2.75, 3.05) is 6.54 Å². The van der Waals surface area contributed by atoms with Gasteiger partial charge in [-0.05, 0) is 38.5 Å². The van der Waals surface area contributed by atoms with E-state index in [9.17, 15) is 9.59 Å². The van der Waals surface area contributed by atoms with Crippen molar-refractivity contribution in [1.82, 2.24) is 15.4 Å². The lowest BCUT2D eigenvalue weighted by Gasteiger charge is -2.25. The highest BCUT2D eigenvalue weighted by atomic mass is 16.5. The molecule has 1 aromatic rings. The summed E-state index contributed by atoms with van der Waals surface area (Å²) in [4.78, 5) is 27.8. The van der Waals surface area contributed by atoms with Crippen molar-refractivity contribution in [2.24, 2.45) is 5.92 Å². The molecular formula is C23H35N3O3. The number of amides is 1. The predicted molar refractivity (Wildman–Crippen MR) is 111 cm³/mol. The molecule has 3 aliphatic rings. The smallest absolute Gasteiger partial charge is 0.273 e. The Morgan fingerprint density at radius 3 is 2.62 bits per heavy atom. The highest BCUT2D eigenvalue weighted by Gasteiger charge is 2.41. The van der Waals surface area contributed by atoms with E-state index in [4.69, 9.17) is 4.52 Å². The Kier molecular flexibility index (Phi) is 6.38. The van der Waals surface area contributed by atoms with E-state index in [0.717, 1.165) is 38.0 Å². The zero-order valence-corrected chi connectivity index (χ0v) is 17.9. The maximum absolute atomic E-state index is 12.6. The van der Waals surface area contributed by atoms with E-state index < -0.39 is 0 Å². The predicted octanol–water partition coefficient (Wildman–Crippen LogP) is 4.06. The summed E-state index contributed by atoms with van der Waals surface area (Å²) in [6.07, 6.45) is 10.9. The van der Waals surface area contributed by atoms with Crippen LogP contribution in [0.2, 0.25) is 0 Å². The van der Waals surface area contributed by atoms with Crippen LogP contribution < -0.4 is 5.32 Å². The van der Waals surface area contributed by atoms with Gasteiger partial charge < -0.3 is 9.84 Å². The van der Waals surface area contributed by atoms with Crippen molar-refractivity contribution in [1.29, 1.82) is 0 Å². The number of nitrogens with one attached hydrogen (secondary N) is 1. The topological polar surface area (TPSA) is 75.4 Å². The van der Waals surface area contributed by atoms with E-state index >= 15 is 0 Å². The second-order valence-electron chi connectivity index (χ2n) is 9.60. The number of Topliss-reactive ketones (excluding diaryl/α,β-unsaturated/α-hetero) is 1. The first kappa shape index (κ1) is 20.6. The molecule has 0 bridgehead atoms. The number of rotatable bonds is 8. The van der Waals surface area contributed by atoms with Gasteiger partial charge in [-0.1, -0.05) is 38.3 Å². The summed E-state index contributed by atoms with van der Waals surface area (Å²) in [5, 5.41) is 7.08. The molecule has 2 aliphatic carbocycles. The van der Waals surface area contributed by atoms with E-state index in [1.54, 1.807) is 6.07 Å². The number of likely N-dealkylation sites (tertiary alicyclic amines) is 1. The summed E-state index contributed by atoms with van der Waals surface area (Å²) in [5.41, 5.74) is 0.364. The molecule has 2 atom stereocenters. The average molecular weight is 402 g/mol. The molecule has 160 valence electrons. The van der Waals surface area contributed by atoms with Gasteiger partial charge in [0.1, 0.15) is 11.5 Å². The number of nitrogens with zero attached hydrogens (tertiary/aromatic N) is 2. The number of ketones is 1. The maximum atomic E-state index is 12.6. The quantitative estimate of drug-likeness (QED) is 0.711. The van der Waals surface area contributed by atoms with Crippen molar-refractivity contribution in [3.8, 4) is 0 Å². The van der Waals surface area contributed by atoms with Crippen molar-refractivity contribution in [3.63, 3.8) is 0 Å². The van der Waals surface area contributed by atoms with Gasteiger partial charge in [-0.25, -0.2) is 0 Å². The molecular weight excluding hydrogens is 366 g/mol. The van der Waals surface area contributed by atoms with Gasteiger partial charge in [0.2, 0.25) is 0 Å². The molecule has 3 fully saturated rings. The van der Waals surface area contributed by atoms with Gasteiger partial charge in [-0.2, -0.15) is 0 Å². The van der Waals surface area contributed by atoms with Crippen LogP contribution >= 0.6 is 0 Å². The second kappa shape index (κ2) is 8.99. The third-order valence-electron chi connectivity index (χ3n) is 6.92. The average Bonchev–Trinajstić information content (AvgIpc) is 3.29. The summed E-state index contributed by atoms with van der Waals surface area (Å²) in [6.45, 7) is 4.92. The molecule has 1 aromatic heterocycles. The molecule has 1 saturated heterocycles. The highest BCUT2D eigenvalue weighted by molar-refractivity contribution is 5.92. The Morgan fingerprint density at radius 1 is 1.21 bits per heavy atom. The van der Waals surface area contributed by atoms with E-state index in [-0.39, 0.29) is 17.9 Å². The monoisotopic (exact) mass is 401 g/mol. The van der Waals surface area contributed by atoms with E-state index in [0.29, 0.717) is 35.9 Å². The summed E-state index contributed by atoms with van der Waals surface area (Å²) in [5.74, 6) is 1.57. The van der Waals surface area contributed by atoms with Crippen molar-refractivity contribution in [2.45, 2.75) is 102 Å². The maximum Gasteiger partial charge on any atom is 0.273 e. The minimum absolute atomic E-state index is 0.122. The zero-order valence-electron chi connectivity index (χ0n) is 17.9. The molecule has 2 heterocycles. The van der Waals surface area contributed by atoms with Crippen LogP contribution in [0.15, 0.2) is 10.6 Å². The van der Waals surface area contributed by atoms with Crippen LogP contribution in [0.1, 0.15) is 100 Å². The molecule has 0 spiro atoms. The van der Waals surface area contributed by atoms with Crippen LogP contribution in [-0.4, -0.2) is 46.4 Å². The number of hydrogen-bond acceptors (Lipinski definition) is 5. The SMILES string of the molecule is CC(C)c1cc(C(=O)N[C@@H]2C[C@H](CCC(=O)C3CCCCC3)N(C3CC3)C2)no1. The Hall–Kier alpha value is -1.69. The lowest BCUT2D eigenvalue weighted by Crippen LogP contribution is -2.38. The van der Waals surface area contributed by atoms with E-state index in [2.05, 4.69) is 15.4 Å². The lowest BCUT2D eigenvalue weighted by molar-refractivity contribution is -0.124. The third-order valence-corrected chi connectivity index (χ3v) is 6.92. The lowest BCUT2D eigenvalue weighted by atomic mass is 9.84. The van der Waals surface area contributed by atoms with Crippen LogP contribution in [0, 0.1) is 5.92 Å². The fourth-order valence-electron chi connectivity index (χ4n) is 5.05. The molecule has 1 aliphatic heterocycles. The standard InChI is InChI=1S/C23H35N3O3/c1-15(2)22-13-20(25-29-22)23(28)24-17-12-19(26(14-17)18-8-9-18)10-11-21(27)16-6-4-3-5-7-16/h13,15-19H,3-12,14H2,1-2H3,(H,24,28)/t17-,19+/m1/s1. The Balaban J connectivity index is 1.30. The minimum atomic E-state index is -0.152. The largest absolute Gasteiger partial charge is 0.360 e. The number of hydrogen-bond donors (Lipinski definition) is 1. The summed E-state index contributed by atoms with van der Waals surface area (Å²) < 4.78 is 5.27. The Morgan fingerprint density at radius 2 is 1.97 bits per heavy atom. The number of carbonyl (C=O) groups excluding carboxylic acids is 2. The Labute approximate surface area is 173 Å². The van der Waals surface area contributed by atoms with Crippen molar-refractivity contribution < 1.29 is 14.1 Å². The van der Waals surface area contributed by atoms with E-state index in [1.165, 1.54) is 32.1 Å². The van der Waals surface area contributed by atoms with Crippen LogP contribution in [0.5, 0.6) is 0 Å². The van der Waals surface area contributed by atoms with Gasteiger partial charge >= 0.3 is 0 Å². The normalized spacial score (nSPS) is 26.2. The zero-order chi connectivity index (χ0) is 20.4. The second-order valence-corrected chi connectivity index (χ2v) is 9.60. The molecule has 2 saturated carbocycles. The van der Waals surface area contributed by atoms with Crippen molar-refractivity contribution in [3.05, 3.63) is 17.5 Å². The Bertz CT molecular complexity index is 719. The van der Waals surface area contributed by atoms with Gasteiger partial charge in [-0.15, -0.1) is 0 Å². The first-order chi connectivity index (χ1) is 14.0. The fourth-order valence-corrected chi connectivity index (χ4v) is 5.05.